The number of aromatic nitrogens is 2. The summed E-state index contributed by atoms with van der Waals surface area (Å²) >= 11 is 6.09. The van der Waals surface area contributed by atoms with Gasteiger partial charge < -0.3 is 10.2 Å². The van der Waals surface area contributed by atoms with Crippen LogP contribution >= 0.6 is 11.6 Å². The lowest BCUT2D eigenvalue weighted by Crippen LogP contribution is -2.49. The third-order valence-electron chi connectivity index (χ3n) is 5.00. The lowest BCUT2D eigenvalue weighted by Gasteiger charge is -2.44. The Hall–Kier alpha value is -2.59. The molecule has 2 aromatic carbocycles. The van der Waals surface area contributed by atoms with Crippen molar-refractivity contribution in [2.45, 2.75) is 39.3 Å². The second kappa shape index (κ2) is 6.86. The molecule has 0 fully saturated rings. The van der Waals surface area contributed by atoms with Gasteiger partial charge in [0, 0.05) is 34.6 Å². The average Bonchev–Trinajstić information content (AvgIpc) is 2.60. The lowest BCUT2D eigenvalue weighted by atomic mass is 9.85. The Morgan fingerprint density at radius 2 is 1.78 bits per heavy atom. The van der Waals surface area contributed by atoms with E-state index >= 15 is 0 Å². The van der Waals surface area contributed by atoms with E-state index in [4.69, 9.17) is 16.6 Å². The van der Waals surface area contributed by atoms with Crippen molar-refractivity contribution in [3.63, 3.8) is 0 Å². The van der Waals surface area contributed by atoms with Crippen molar-refractivity contribution in [3.8, 4) is 0 Å². The topological polar surface area (TPSA) is 41.1 Å². The van der Waals surface area contributed by atoms with Crippen LogP contribution in [0, 0.1) is 6.92 Å². The fourth-order valence-electron chi connectivity index (χ4n) is 3.66. The van der Waals surface area contributed by atoms with Gasteiger partial charge in [-0.15, -0.1) is 0 Å². The van der Waals surface area contributed by atoms with Crippen LogP contribution in [0.1, 0.15) is 30.7 Å². The van der Waals surface area contributed by atoms with E-state index < -0.39 is 0 Å². The largest absolute Gasteiger partial charge is 0.347 e. The number of nitrogens with one attached hydrogen (secondary N) is 1. The van der Waals surface area contributed by atoms with E-state index in [2.05, 4.69) is 59.4 Å². The highest BCUT2D eigenvalue weighted by molar-refractivity contribution is 6.30. The molecule has 138 valence electrons. The first kappa shape index (κ1) is 17.8. The van der Waals surface area contributed by atoms with Crippen LogP contribution in [0.25, 0.3) is 0 Å². The third-order valence-corrected chi connectivity index (χ3v) is 5.23. The average molecular weight is 379 g/mol. The number of anilines is 3. The second-order valence-electron chi connectivity index (χ2n) is 7.67. The van der Waals surface area contributed by atoms with E-state index in [9.17, 15) is 0 Å². The highest BCUT2D eigenvalue weighted by atomic mass is 35.5. The summed E-state index contributed by atoms with van der Waals surface area (Å²) in [6, 6.07) is 18.3. The van der Waals surface area contributed by atoms with Crippen LogP contribution < -0.4 is 10.2 Å². The van der Waals surface area contributed by atoms with Crippen LogP contribution in [0.5, 0.6) is 0 Å². The number of fused-ring (bicyclic) bond motifs is 1. The zero-order valence-corrected chi connectivity index (χ0v) is 16.6. The van der Waals surface area contributed by atoms with E-state index in [1.165, 1.54) is 11.1 Å². The molecule has 1 N–H and O–H groups in total. The van der Waals surface area contributed by atoms with Gasteiger partial charge in [-0.3, -0.25) is 0 Å². The Kier molecular flexibility index (Phi) is 4.52. The van der Waals surface area contributed by atoms with Gasteiger partial charge in [-0.05, 0) is 56.5 Å². The monoisotopic (exact) mass is 378 g/mol. The molecule has 0 amide bonds. The Morgan fingerprint density at radius 3 is 2.56 bits per heavy atom. The van der Waals surface area contributed by atoms with Gasteiger partial charge in [0.2, 0.25) is 5.95 Å². The van der Waals surface area contributed by atoms with Crippen molar-refractivity contribution < 1.29 is 0 Å². The Morgan fingerprint density at radius 1 is 1.00 bits per heavy atom. The van der Waals surface area contributed by atoms with Gasteiger partial charge in [0.05, 0.1) is 0 Å². The zero-order valence-electron chi connectivity index (χ0n) is 15.8. The van der Waals surface area contributed by atoms with Crippen LogP contribution in [0.3, 0.4) is 0 Å². The second-order valence-corrected chi connectivity index (χ2v) is 8.11. The fraction of sp³-hybridized carbons (Fsp3) is 0.273. The molecule has 0 radical (unpaired) electrons. The summed E-state index contributed by atoms with van der Waals surface area (Å²) in [6.45, 7) is 7.38. The molecular formula is C22H23ClN4. The number of benzene rings is 2. The van der Waals surface area contributed by atoms with Gasteiger partial charge in [0.1, 0.15) is 5.82 Å². The van der Waals surface area contributed by atoms with Crippen molar-refractivity contribution in [1.82, 2.24) is 9.97 Å². The van der Waals surface area contributed by atoms with E-state index in [1.807, 2.05) is 31.2 Å². The summed E-state index contributed by atoms with van der Waals surface area (Å²) < 4.78 is 0. The number of hydrogen-bond donors (Lipinski definition) is 1. The summed E-state index contributed by atoms with van der Waals surface area (Å²) in [4.78, 5) is 11.7. The Labute approximate surface area is 165 Å². The molecule has 1 aliphatic heterocycles. The van der Waals surface area contributed by atoms with E-state index in [-0.39, 0.29) is 5.54 Å². The molecule has 0 unspecified atom stereocenters. The maximum Gasteiger partial charge on any atom is 0.229 e. The molecule has 2 heterocycles. The van der Waals surface area contributed by atoms with Crippen molar-refractivity contribution in [2.75, 3.05) is 10.2 Å². The highest BCUT2D eigenvalue weighted by Crippen LogP contribution is 2.34. The maximum absolute atomic E-state index is 6.09. The summed E-state index contributed by atoms with van der Waals surface area (Å²) in [5.41, 5.74) is 4.56. The van der Waals surface area contributed by atoms with E-state index in [0.29, 0.717) is 11.0 Å². The molecular weight excluding hydrogens is 356 g/mol. The maximum atomic E-state index is 6.09. The van der Waals surface area contributed by atoms with Gasteiger partial charge >= 0.3 is 0 Å². The van der Waals surface area contributed by atoms with Gasteiger partial charge in [0.15, 0.2) is 0 Å². The van der Waals surface area contributed by atoms with Crippen molar-refractivity contribution in [2.24, 2.45) is 0 Å². The molecule has 1 aliphatic rings. The minimum atomic E-state index is -0.0253. The molecule has 0 bridgehead atoms. The summed E-state index contributed by atoms with van der Waals surface area (Å²) in [6.07, 6.45) is 0.989. The molecule has 0 spiro atoms. The van der Waals surface area contributed by atoms with Crippen LogP contribution in [-0.4, -0.2) is 15.5 Å². The van der Waals surface area contributed by atoms with Gasteiger partial charge in [0.25, 0.3) is 0 Å². The third kappa shape index (κ3) is 3.76. The molecule has 0 atom stereocenters. The van der Waals surface area contributed by atoms with Crippen molar-refractivity contribution in [3.05, 3.63) is 76.4 Å². The summed E-state index contributed by atoms with van der Waals surface area (Å²) in [5.74, 6) is 1.52. The Bertz CT molecular complexity index is 984. The lowest BCUT2D eigenvalue weighted by molar-refractivity contribution is 0.427. The number of halogens is 1. The van der Waals surface area contributed by atoms with Gasteiger partial charge in [-0.25, -0.2) is 4.98 Å². The summed E-state index contributed by atoms with van der Waals surface area (Å²) in [5, 5.41) is 3.96. The van der Waals surface area contributed by atoms with Crippen LogP contribution in [0.15, 0.2) is 54.6 Å². The Balaban J connectivity index is 1.68. The normalized spacial score (nSPS) is 15.3. The molecule has 4 rings (SSSR count). The highest BCUT2D eigenvalue weighted by Gasteiger charge is 2.33. The smallest absolute Gasteiger partial charge is 0.229 e. The number of hydrogen-bond acceptors (Lipinski definition) is 4. The number of rotatable bonds is 3. The molecule has 0 saturated heterocycles. The van der Waals surface area contributed by atoms with Crippen LogP contribution in [0.2, 0.25) is 5.02 Å². The molecule has 0 saturated carbocycles. The fourth-order valence-corrected chi connectivity index (χ4v) is 3.85. The number of aryl methyl sites for hydroxylation is 1. The SMILES string of the molecule is Cc1cc(N2Cc3ccccc3CC2(C)C)nc(Nc2cccc(Cl)c2)n1. The number of nitrogens with zero attached hydrogens (tertiary/aromatic N) is 3. The molecule has 0 aliphatic carbocycles. The predicted octanol–water partition coefficient (Wildman–Crippen LogP) is 5.52. The van der Waals surface area contributed by atoms with E-state index in [0.717, 1.165) is 30.2 Å². The minimum Gasteiger partial charge on any atom is -0.347 e. The first-order chi connectivity index (χ1) is 12.9. The van der Waals surface area contributed by atoms with Crippen molar-refractivity contribution >= 4 is 29.1 Å². The quantitative estimate of drug-likeness (QED) is 0.651. The molecule has 5 heteroatoms. The van der Waals surface area contributed by atoms with Gasteiger partial charge in [-0.2, -0.15) is 4.98 Å². The first-order valence-corrected chi connectivity index (χ1v) is 9.51. The molecule has 27 heavy (non-hydrogen) atoms. The molecule has 4 nitrogen and oxygen atoms in total. The molecule has 1 aromatic heterocycles. The first-order valence-electron chi connectivity index (χ1n) is 9.13. The van der Waals surface area contributed by atoms with E-state index in [1.54, 1.807) is 0 Å². The van der Waals surface area contributed by atoms with Crippen LogP contribution in [-0.2, 0) is 13.0 Å². The molecule has 3 aromatic rings. The summed E-state index contributed by atoms with van der Waals surface area (Å²) in [7, 11) is 0. The van der Waals surface area contributed by atoms with Gasteiger partial charge in [-0.1, -0.05) is 41.9 Å². The standard InChI is InChI=1S/C22H23ClN4/c1-15-11-20(26-21(24-15)25-19-10-6-9-18(23)12-19)27-14-17-8-5-4-7-16(17)13-22(27,2)3/h4-12H,13-14H2,1-3H3,(H,24,25,26). The van der Waals surface area contributed by atoms with Crippen LogP contribution in [0.4, 0.5) is 17.5 Å². The zero-order chi connectivity index (χ0) is 19.0. The predicted molar refractivity (Wildman–Crippen MR) is 112 cm³/mol. The van der Waals surface area contributed by atoms with Crippen molar-refractivity contribution in [1.29, 1.82) is 0 Å². The minimum absolute atomic E-state index is 0.0253.